The average Bonchev–Trinajstić information content (AvgIpc) is 2.60. The Kier molecular flexibility index (Phi) is 5.10. The number of aliphatic imine (C=N–C) groups is 1. The molecule has 0 fully saturated rings. The van der Waals surface area contributed by atoms with Gasteiger partial charge in [-0.05, 0) is 57.5 Å². The molecule has 2 aromatic carbocycles. The van der Waals surface area contributed by atoms with Crippen molar-refractivity contribution in [2.75, 3.05) is 18.6 Å². The lowest BCUT2D eigenvalue weighted by molar-refractivity contribution is 0.416. The monoisotopic (exact) mass is 368 g/mol. The van der Waals surface area contributed by atoms with E-state index in [0.29, 0.717) is 5.02 Å². The highest BCUT2D eigenvalue weighted by molar-refractivity contribution is 6.33. The highest BCUT2D eigenvalue weighted by Crippen LogP contribution is 2.41. The van der Waals surface area contributed by atoms with Crippen LogP contribution in [-0.4, -0.2) is 25.4 Å². The van der Waals surface area contributed by atoms with Crippen molar-refractivity contribution in [3.05, 3.63) is 58.6 Å². The summed E-state index contributed by atoms with van der Waals surface area (Å²) in [5, 5.41) is 0.700. The molecule has 26 heavy (non-hydrogen) atoms. The third-order valence-electron chi connectivity index (χ3n) is 4.84. The first-order valence-corrected chi connectivity index (χ1v) is 9.23. The third-order valence-corrected chi connectivity index (χ3v) is 5.17. The van der Waals surface area contributed by atoms with Crippen LogP contribution in [0.2, 0.25) is 5.02 Å². The second-order valence-electron chi connectivity index (χ2n) is 7.05. The molecule has 1 aliphatic heterocycles. The first kappa shape index (κ1) is 18.5. The maximum atomic E-state index is 6.60. The van der Waals surface area contributed by atoms with Gasteiger partial charge in [-0.25, -0.2) is 0 Å². The lowest BCUT2D eigenvalue weighted by Gasteiger charge is -2.43. The molecule has 1 heterocycles. The van der Waals surface area contributed by atoms with Gasteiger partial charge in [0.25, 0.3) is 0 Å². The van der Waals surface area contributed by atoms with Crippen LogP contribution in [0.3, 0.4) is 0 Å². The van der Waals surface area contributed by atoms with Crippen molar-refractivity contribution < 1.29 is 4.74 Å². The standard InChI is InChI=1S/C22H25ClN2O/c1-6-25-20-12-18(23)16(11-17(20)15(2)13-22(25,3)4)14-24-19-9-7-8-10-21(19)26-5/h7-14H,6H2,1-5H3. The van der Waals surface area contributed by atoms with E-state index in [-0.39, 0.29) is 5.54 Å². The topological polar surface area (TPSA) is 24.8 Å². The molecule has 3 nitrogen and oxygen atoms in total. The summed E-state index contributed by atoms with van der Waals surface area (Å²) in [5.74, 6) is 0.743. The number of allylic oxidation sites excluding steroid dienone is 1. The number of fused-ring (bicyclic) bond motifs is 1. The smallest absolute Gasteiger partial charge is 0.144 e. The number of nitrogens with zero attached hydrogens (tertiary/aromatic N) is 2. The van der Waals surface area contributed by atoms with Crippen LogP contribution in [0.1, 0.15) is 38.8 Å². The van der Waals surface area contributed by atoms with E-state index in [0.717, 1.165) is 23.5 Å². The summed E-state index contributed by atoms with van der Waals surface area (Å²) in [6.07, 6.45) is 4.12. The largest absolute Gasteiger partial charge is 0.494 e. The minimum atomic E-state index is -0.0256. The Labute approximate surface area is 161 Å². The summed E-state index contributed by atoms with van der Waals surface area (Å²) in [4.78, 5) is 6.96. The number of methoxy groups -OCH3 is 1. The van der Waals surface area contributed by atoms with Crippen molar-refractivity contribution in [1.82, 2.24) is 0 Å². The first-order chi connectivity index (χ1) is 12.4. The predicted octanol–water partition coefficient (Wildman–Crippen LogP) is 6.12. The highest BCUT2D eigenvalue weighted by Gasteiger charge is 2.30. The minimum absolute atomic E-state index is 0.0256. The Bertz CT molecular complexity index is 884. The predicted molar refractivity (Wildman–Crippen MR) is 112 cm³/mol. The van der Waals surface area contributed by atoms with Gasteiger partial charge in [-0.1, -0.05) is 29.8 Å². The maximum absolute atomic E-state index is 6.60. The van der Waals surface area contributed by atoms with Crippen LogP contribution in [0.4, 0.5) is 11.4 Å². The van der Waals surface area contributed by atoms with E-state index in [2.05, 4.69) is 55.8 Å². The lowest BCUT2D eigenvalue weighted by atomic mass is 9.88. The molecular weight excluding hydrogens is 344 g/mol. The van der Waals surface area contributed by atoms with Crippen molar-refractivity contribution >= 4 is 34.8 Å². The molecule has 136 valence electrons. The summed E-state index contributed by atoms with van der Waals surface area (Å²) in [5.41, 5.74) is 5.31. The number of para-hydroxylation sites is 2. The molecule has 0 aromatic heterocycles. The second-order valence-corrected chi connectivity index (χ2v) is 7.45. The summed E-state index contributed by atoms with van der Waals surface area (Å²) in [6, 6.07) is 11.9. The van der Waals surface area contributed by atoms with Gasteiger partial charge in [-0.2, -0.15) is 0 Å². The van der Waals surface area contributed by atoms with E-state index in [9.17, 15) is 0 Å². The normalized spacial score (nSPS) is 15.8. The molecule has 0 aliphatic carbocycles. The molecule has 0 spiro atoms. The second kappa shape index (κ2) is 7.16. The van der Waals surface area contributed by atoms with E-state index < -0.39 is 0 Å². The fourth-order valence-corrected chi connectivity index (χ4v) is 3.87. The number of hydrogen-bond acceptors (Lipinski definition) is 3. The zero-order valence-corrected chi connectivity index (χ0v) is 16.8. The van der Waals surface area contributed by atoms with Gasteiger partial charge in [0.2, 0.25) is 0 Å². The molecule has 3 rings (SSSR count). The van der Waals surface area contributed by atoms with Gasteiger partial charge < -0.3 is 9.64 Å². The Morgan fingerprint density at radius 3 is 2.65 bits per heavy atom. The number of benzene rings is 2. The highest BCUT2D eigenvalue weighted by atomic mass is 35.5. The van der Waals surface area contributed by atoms with Gasteiger partial charge in [0.1, 0.15) is 11.4 Å². The van der Waals surface area contributed by atoms with Crippen LogP contribution in [0.5, 0.6) is 5.75 Å². The number of ether oxygens (including phenoxy) is 1. The van der Waals surface area contributed by atoms with Crippen LogP contribution in [0, 0.1) is 0 Å². The number of hydrogen-bond donors (Lipinski definition) is 0. The summed E-state index contributed by atoms with van der Waals surface area (Å²) >= 11 is 6.60. The molecule has 0 saturated carbocycles. The first-order valence-electron chi connectivity index (χ1n) is 8.85. The molecular formula is C22H25ClN2O. The van der Waals surface area contributed by atoms with Gasteiger partial charge in [-0.15, -0.1) is 0 Å². The molecule has 0 bridgehead atoms. The van der Waals surface area contributed by atoms with Gasteiger partial charge >= 0.3 is 0 Å². The molecule has 1 aliphatic rings. The fraction of sp³-hybridized carbons (Fsp3) is 0.318. The van der Waals surface area contributed by atoms with Crippen LogP contribution >= 0.6 is 11.6 Å². The summed E-state index contributed by atoms with van der Waals surface area (Å²) < 4.78 is 5.36. The summed E-state index contributed by atoms with van der Waals surface area (Å²) in [6.45, 7) is 9.71. The maximum Gasteiger partial charge on any atom is 0.144 e. The Morgan fingerprint density at radius 2 is 1.96 bits per heavy atom. The molecule has 0 radical (unpaired) electrons. The Morgan fingerprint density at radius 1 is 1.23 bits per heavy atom. The van der Waals surface area contributed by atoms with E-state index in [1.807, 2.05) is 30.5 Å². The summed E-state index contributed by atoms with van der Waals surface area (Å²) in [7, 11) is 1.65. The zero-order chi connectivity index (χ0) is 18.9. The molecule has 0 atom stereocenters. The van der Waals surface area contributed by atoms with Gasteiger partial charge in [-0.3, -0.25) is 4.99 Å². The van der Waals surface area contributed by atoms with Crippen LogP contribution < -0.4 is 9.64 Å². The van der Waals surface area contributed by atoms with Crippen molar-refractivity contribution in [1.29, 1.82) is 0 Å². The van der Waals surface area contributed by atoms with E-state index in [1.54, 1.807) is 7.11 Å². The van der Waals surface area contributed by atoms with Crippen molar-refractivity contribution in [3.63, 3.8) is 0 Å². The number of rotatable bonds is 4. The van der Waals surface area contributed by atoms with E-state index in [1.165, 1.54) is 16.8 Å². The number of likely N-dealkylation sites (N-methyl/N-ethyl adjacent to an activating group) is 1. The average molecular weight is 369 g/mol. The van der Waals surface area contributed by atoms with Crippen molar-refractivity contribution in [2.45, 2.75) is 33.2 Å². The third kappa shape index (κ3) is 3.36. The van der Waals surface area contributed by atoms with Gasteiger partial charge in [0.15, 0.2) is 0 Å². The zero-order valence-electron chi connectivity index (χ0n) is 16.0. The van der Waals surface area contributed by atoms with E-state index >= 15 is 0 Å². The van der Waals surface area contributed by atoms with Crippen LogP contribution in [-0.2, 0) is 0 Å². The van der Waals surface area contributed by atoms with Crippen molar-refractivity contribution in [3.8, 4) is 5.75 Å². The van der Waals surface area contributed by atoms with Gasteiger partial charge in [0, 0.05) is 29.6 Å². The molecule has 2 aromatic rings. The molecule has 0 saturated heterocycles. The Hall–Kier alpha value is -2.26. The van der Waals surface area contributed by atoms with Crippen molar-refractivity contribution in [2.24, 2.45) is 4.99 Å². The SMILES string of the molecule is CCN1c2cc(Cl)c(C=Nc3ccccc3OC)cc2C(C)=CC1(C)C. The van der Waals surface area contributed by atoms with Gasteiger partial charge in [0.05, 0.1) is 17.7 Å². The van der Waals surface area contributed by atoms with Crippen LogP contribution in [0.15, 0.2) is 47.5 Å². The number of anilines is 1. The fourth-order valence-electron chi connectivity index (χ4n) is 3.67. The lowest BCUT2D eigenvalue weighted by Crippen LogP contribution is -2.44. The number of halogens is 1. The molecule has 0 N–H and O–H groups in total. The molecule has 0 amide bonds. The molecule has 0 unspecified atom stereocenters. The molecule has 4 heteroatoms. The quantitative estimate of drug-likeness (QED) is 0.607. The Balaban J connectivity index is 2.04. The van der Waals surface area contributed by atoms with Crippen LogP contribution in [0.25, 0.3) is 5.57 Å². The van der Waals surface area contributed by atoms with E-state index in [4.69, 9.17) is 16.3 Å². The minimum Gasteiger partial charge on any atom is -0.494 e.